The minimum atomic E-state index is -0.883. The molecule has 3 nitrogen and oxygen atoms in total. The fourth-order valence-electron chi connectivity index (χ4n) is 5.79. The summed E-state index contributed by atoms with van der Waals surface area (Å²) < 4.78 is 0. The third-order valence-corrected chi connectivity index (χ3v) is 8.07. The number of carbonyl (C=O) groups is 1. The van der Waals surface area contributed by atoms with E-state index in [2.05, 4.69) is 56.9 Å². The molecule has 0 aromatic heterocycles. The van der Waals surface area contributed by atoms with E-state index >= 15 is 0 Å². The van der Waals surface area contributed by atoms with E-state index in [1.165, 1.54) is 71.8 Å². The predicted octanol–water partition coefficient (Wildman–Crippen LogP) is 7.57. The zero-order valence-electron chi connectivity index (χ0n) is 20.8. The maximum Gasteiger partial charge on any atom is 0.335 e. The average molecular weight is 478 g/mol. The van der Waals surface area contributed by atoms with Crippen molar-refractivity contribution in [2.75, 3.05) is 13.1 Å². The largest absolute Gasteiger partial charge is 0.478 e. The third kappa shape index (κ3) is 4.48. The summed E-state index contributed by atoms with van der Waals surface area (Å²) in [6.45, 7) is 12.9. The standard InChI is InChI=1S/C30H35NO2.ClH/c1-29(2)11-12-30(3,4)27-18-25-23(17-26(27)29)15-22(16-24(25)19-31-13-5-6-14-31)20-7-9-21(10-8-20)28(32)33;/h7-10,15-18H,5-6,11-14,19H2,1-4H3,(H,32,33);1H. The molecule has 3 aromatic rings. The highest BCUT2D eigenvalue weighted by Crippen LogP contribution is 2.47. The first-order valence-electron chi connectivity index (χ1n) is 12.3. The van der Waals surface area contributed by atoms with Gasteiger partial charge in [-0.05, 0) is 119 Å². The van der Waals surface area contributed by atoms with Crippen molar-refractivity contribution in [3.8, 4) is 11.1 Å². The lowest BCUT2D eigenvalue weighted by atomic mass is 9.62. The van der Waals surface area contributed by atoms with Crippen molar-refractivity contribution in [2.45, 2.75) is 70.8 Å². The number of rotatable bonds is 4. The monoisotopic (exact) mass is 477 g/mol. The van der Waals surface area contributed by atoms with Crippen LogP contribution >= 0.6 is 12.4 Å². The third-order valence-electron chi connectivity index (χ3n) is 8.07. The zero-order valence-corrected chi connectivity index (χ0v) is 21.6. The summed E-state index contributed by atoms with van der Waals surface area (Å²) in [4.78, 5) is 13.9. The summed E-state index contributed by atoms with van der Waals surface area (Å²) in [5.74, 6) is -0.883. The van der Waals surface area contributed by atoms with Crippen molar-refractivity contribution < 1.29 is 9.90 Å². The van der Waals surface area contributed by atoms with Crippen molar-refractivity contribution in [1.29, 1.82) is 0 Å². The van der Waals surface area contributed by atoms with Crippen LogP contribution in [-0.2, 0) is 17.4 Å². The number of fused-ring (bicyclic) bond motifs is 2. The minimum Gasteiger partial charge on any atom is -0.478 e. The molecule has 1 aliphatic heterocycles. The van der Waals surface area contributed by atoms with Gasteiger partial charge in [0.1, 0.15) is 0 Å². The fourth-order valence-corrected chi connectivity index (χ4v) is 5.79. The van der Waals surface area contributed by atoms with Crippen LogP contribution in [0.2, 0.25) is 0 Å². The van der Waals surface area contributed by atoms with Crippen molar-refractivity contribution >= 4 is 29.1 Å². The molecule has 0 unspecified atom stereocenters. The van der Waals surface area contributed by atoms with Crippen molar-refractivity contribution in [1.82, 2.24) is 4.90 Å². The maximum absolute atomic E-state index is 11.3. The van der Waals surface area contributed by atoms with Gasteiger partial charge in [0.15, 0.2) is 0 Å². The Balaban J connectivity index is 0.00000274. The highest BCUT2D eigenvalue weighted by Gasteiger charge is 2.37. The van der Waals surface area contributed by atoms with Gasteiger partial charge in [0.2, 0.25) is 0 Å². The lowest BCUT2D eigenvalue weighted by Gasteiger charge is -2.42. The van der Waals surface area contributed by atoms with E-state index in [0.717, 1.165) is 12.1 Å². The molecule has 2 aliphatic rings. The normalized spacial score (nSPS) is 18.9. The fraction of sp³-hybridized carbons (Fsp3) is 0.433. The molecule has 5 rings (SSSR count). The van der Waals surface area contributed by atoms with Crippen LogP contribution in [0.1, 0.15) is 80.4 Å². The Kier molecular flexibility index (Phi) is 6.56. The van der Waals surface area contributed by atoms with Gasteiger partial charge in [-0.15, -0.1) is 12.4 Å². The molecule has 1 fully saturated rings. The lowest BCUT2D eigenvalue weighted by molar-refractivity contribution is 0.0697. The quantitative estimate of drug-likeness (QED) is 0.421. The lowest BCUT2D eigenvalue weighted by Crippen LogP contribution is -2.33. The molecule has 3 aromatic carbocycles. The van der Waals surface area contributed by atoms with Crippen LogP contribution in [0.4, 0.5) is 0 Å². The number of likely N-dealkylation sites (tertiary alicyclic amines) is 1. The van der Waals surface area contributed by atoms with Gasteiger partial charge >= 0.3 is 5.97 Å². The van der Waals surface area contributed by atoms with Crippen LogP contribution in [0.3, 0.4) is 0 Å². The summed E-state index contributed by atoms with van der Waals surface area (Å²) in [7, 11) is 0. The Labute approximate surface area is 209 Å². The number of carboxylic acids is 1. The van der Waals surface area contributed by atoms with Crippen LogP contribution in [-0.4, -0.2) is 29.1 Å². The van der Waals surface area contributed by atoms with Crippen molar-refractivity contribution in [3.63, 3.8) is 0 Å². The molecule has 1 N–H and O–H groups in total. The minimum absolute atomic E-state index is 0. The van der Waals surface area contributed by atoms with Crippen LogP contribution in [0, 0.1) is 0 Å². The van der Waals surface area contributed by atoms with Gasteiger partial charge in [-0.3, -0.25) is 4.90 Å². The number of hydrogen-bond acceptors (Lipinski definition) is 2. The van der Waals surface area contributed by atoms with E-state index < -0.39 is 5.97 Å². The molecule has 4 heteroatoms. The number of carboxylic acid groups (broad SMARTS) is 1. The van der Waals surface area contributed by atoms with Gasteiger partial charge in [0.05, 0.1) is 5.56 Å². The molecule has 0 saturated carbocycles. The molecule has 0 atom stereocenters. The maximum atomic E-state index is 11.3. The Morgan fingerprint density at radius 3 is 2.03 bits per heavy atom. The first kappa shape index (κ1) is 24.8. The molecule has 1 saturated heterocycles. The zero-order chi connectivity index (χ0) is 23.4. The Morgan fingerprint density at radius 2 is 1.44 bits per heavy atom. The Morgan fingerprint density at radius 1 is 0.853 bits per heavy atom. The van der Waals surface area contributed by atoms with E-state index in [9.17, 15) is 9.90 Å². The molecule has 0 bridgehead atoms. The van der Waals surface area contributed by atoms with Crippen LogP contribution < -0.4 is 0 Å². The van der Waals surface area contributed by atoms with Gasteiger partial charge in [0, 0.05) is 6.54 Å². The summed E-state index contributed by atoms with van der Waals surface area (Å²) in [5.41, 5.74) is 7.30. The summed E-state index contributed by atoms with van der Waals surface area (Å²) >= 11 is 0. The number of benzene rings is 3. The van der Waals surface area contributed by atoms with Crippen LogP contribution in [0.5, 0.6) is 0 Å². The second-order valence-corrected chi connectivity index (χ2v) is 11.4. The molecule has 34 heavy (non-hydrogen) atoms. The van der Waals surface area contributed by atoms with Crippen molar-refractivity contribution in [2.24, 2.45) is 0 Å². The molecule has 0 amide bonds. The molecule has 0 spiro atoms. The first-order valence-corrected chi connectivity index (χ1v) is 12.3. The second kappa shape index (κ2) is 9.02. The predicted molar refractivity (Wildman–Crippen MR) is 143 cm³/mol. The number of hydrogen-bond donors (Lipinski definition) is 1. The molecule has 0 radical (unpaired) electrons. The van der Waals surface area contributed by atoms with E-state index in [1.54, 1.807) is 12.1 Å². The number of aromatic carboxylic acids is 1. The first-order chi connectivity index (χ1) is 15.6. The van der Waals surface area contributed by atoms with Gasteiger partial charge in [0.25, 0.3) is 0 Å². The number of halogens is 1. The molecular formula is C30H36ClNO2. The smallest absolute Gasteiger partial charge is 0.335 e. The molecule has 1 heterocycles. The Hall–Kier alpha value is -2.36. The van der Waals surface area contributed by atoms with Gasteiger partial charge in [-0.1, -0.05) is 45.9 Å². The highest BCUT2D eigenvalue weighted by atomic mass is 35.5. The van der Waals surface area contributed by atoms with Gasteiger partial charge in [-0.2, -0.15) is 0 Å². The molecule has 1 aliphatic carbocycles. The van der Waals surface area contributed by atoms with Gasteiger partial charge in [-0.25, -0.2) is 4.79 Å². The van der Waals surface area contributed by atoms with E-state index in [1.807, 2.05) is 12.1 Å². The summed E-state index contributed by atoms with van der Waals surface area (Å²) in [6.07, 6.45) is 4.99. The topological polar surface area (TPSA) is 40.5 Å². The Bertz CT molecular complexity index is 1220. The molecular weight excluding hydrogens is 442 g/mol. The van der Waals surface area contributed by atoms with E-state index in [-0.39, 0.29) is 23.2 Å². The van der Waals surface area contributed by atoms with Crippen LogP contribution in [0.15, 0.2) is 48.5 Å². The van der Waals surface area contributed by atoms with Crippen molar-refractivity contribution in [3.05, 3.63) is 70.8 Å². The summed E-state index contributed by atoms with van der Waals surface area (Å²) in [6, 6.07) is 16.9. The highest BCUT2D eigenvalue weighted by molar-refractivity contribution is 5.93. The SMILES string of the molecule is CC1(C)CCC(C)(C)c2cc3c(CN4CCCC4)cc(-c4ccc(C(=O)O)cc4)cc3cc21.Cl. The van der Waals surface area contributed by atoms with Gasteiger partial charge < -0.3 is 5.11 Å². The van der Waals surface area contributed by atoms with Crippen LogP contribution in [0.25, 0.3) is 21.9 Å². The summed E-state index contributed by atoms with van der Waals surface area (Å²) in [5, 5.41) is 12.0. The number of nitrogens with zero attached hydrogens (tertiary/aromatic N) is 1. The average Bonchev–Trinajstić information content (AvgIpc) is 3.29. The van der Waals surface area contributed by atoms with E-state index in [4.69, 9.17) is 0 Å². The molecule has 180 valence electrons. The van der Waals surface area contributed by atoms with E-state index in [0.29, 0.717) is 5.56 Å². The second-order valence-electron chi connectivity index (χ2n) is 11.4.